The molecule has 0 aliphatic carbocycles. The molecule has 0 aromatic rings. The summed E-state index contributed by atoms with van der Waals surface area (Å²) >= 11 is 0. The van der Waals surface area contributed by atoms with Gasteiger partial charge in [-0.2, -0.15) is 0 Å². The lowest BCUT2D eigenvalue weighted by atomic mass is 10.0. The lowest BCUT2D eigenvalue weighted by Gasteiger charge is -2.21. The Morgan fingerprint density at radius 2 is 0.474 bits per heavy atom. The van der Waals surface area contributed by atoms with Gasteiger partial charge in [-0.25, -0.2) is 9.13 Å². The summed E-state index contributed by atoms with van der Waals surface area (Å²) in [5, 5.41) is 10.6. The van der Waals surface area contributed by atoms with Gasteiger partial charge < -0.3 is 33.8 Å². The molecule has 2 unspecified atom stereocenters. The number of hydrogen-bond acceptors (Lipinski definition) is 15. The van der Waals surface area contributed by atoms with E-state index >= 15 is 0 Å². The van der Waals surface area contributed by atoms with Gasteiger partial charge in [0.05, 0.1) is 26.4 Å². The fourth-order valence-corrected chi connectivity index (χ4v) is 13.6. The Hall–Kier alpha value is -1.94. The van der Waals surface area contributed by atoms with Gasteiger partial charge in [0.15, 0.2) is 12.2 Å². The summed E-state index contributed by atoms with van der Waals surface area (Å²) in [4.78, 5) is 72.7. The Balaban J connectivity index is 5.15. The maximum atomic E-state index is 13.1. The minimum atomic E-state index is -4.96. The second-order valence-corrected chi connectivity index (χ2v) is 32.0. The Morgan fingerprint density at radius 3 is 0.701 bits per heavy atom. The van der Waals surface area contributed by atoms with Crippen LogP contribution in [0.15, 0.2) is 0 Å². The van der Waals surface area contributed by atoms with Crippen LogP contribution in [0.25, 0.3) is 0 Å². The van der Waals surface area contributed by atoms with E-state index in [2.05, 4.69) is 41.5 Å². The molecule has 97 heavy (non-hydrogen) atoms. The Labute approximate surface area is 594 Å². The number of rotatable bonds is 77. The molecule has 0 rings (SSSR count). The number of hydrogen-bond donors (Lipinski definition) is 3. The Bertz CT molecular complexity index is 1870. The number of carbonyl (C=O) groups excluding carboxylic acids is 4. The van der Waals surface area contributed by atoms with Crippen molar-refractivity contribution in [3.8, 4) is 0 Å². The minimum absolute atomic E-state index is 0.104. The van der Waals surface area contributed by atoms with Crippen molar-refractivity contribution in [3.63, 3.8) is 0 Å². The van der Waals surface area contributed by atoms with Gasteiger partial charge in [-0.15, -0.1) is 0 Å². The van der Waals surface area contributed by atoms with Crippen molar-refractivity contribution in [1.29, 1.82) is 0 Å². The highest BCUT2D eigenvalue weighted by Gasteiger charge is 2.30. The molecule has 0 aromatic heterocycles. The van der Waals surface area contributed by atoms with Crippen LogP contribution in [-0.2, 0) is 65.4 Å². The third-order valence-corrected chi connectivity index (χ3v) is 20.1. The number of carbonyl (C=O) groups is 4. The summed E-state index contributed by atoms with van der Waals surface area (Å²) in [6, 6.07) is 0. The number of phosphoric ester groups is 2. The fraction of sp³-hybridized carbons (Fsp3) is 0.949. The summed E-state index contributed by atoms with van der Waals surface area (Å²) in [6.45, 7) is 9.54. The standard InChI is InChI=1S/C78H152O17P2/c1-7-9-11-13-15-16-17-18-19-20-21-22-23-24-25-26-31-34-37-44-50-56-62-77(82)94-74(67-89-76(81)61-55-49-43-36-33-30-28-27-29-32-35-41-46-52-58-70(3)4)69-93-97(86,87)91-65-72(79)64-90-96(84,85)92-68-73(66-88-75(80)60-54-48-40-14-12-10-8-2)95-78(83)63-57-51-45-39-38-42-47-53-59-71(5)6/h70-74,79H,7-69H2,1-6H3,(H,84,85)(H,86,87)/t72-,73+,74+/m0/s1. The van der Waals surface area contributed by atoms with E-state index in [1.807, 2.05) is 0 Å². The van der Waals surface area contributed by atoms with Crippen molar-refractivity contribution in [2.75, 3.05) is 39.6 Å². The van der Waals surface area contributed by atoms with Gasteiger partial charge >= 0.3 is 39.5 Å². The topological polar surface area (TPSA) is 237 Å². The van der Waals surface area contributed by atoms with Crippen molar-refractivity contribution in [1.82, 2.24) is 0 Å². The van der Waals surface area contributed by atoms with Gasteiger partial charge in [0, 0.05) is 25.7 Å². The molecule has 17 nitrogen and oxygen atoms in total. The second kappa shape index (κ2) is 69.8. The van der Waals surface area contributed by atoms with E-state index in [0.29, 0.717) is 25.7 Å². The lowest BCUT2D eigenvalue weighted by Crippen LogP contribution is -2.30. The zero-order chi connectivity index (χ0) is 71.4. The predicted octanol–water partition coefficient (Wildman–Crippen LogP) is 23.1. The molecule has 0 bridgehead atoms. The summed E-state index contributed by atoms with van der Waals surface area (Å²) in [6.07, 6.45) is 58.7. The van der Waals surface area contributed by atoms with Gasteiger partial charge in [0.2, 0.25) is 0 Å². The minimum Gasteiger partial charge on any atom is -0.462 e. The predicted molar refractivity (Wildman–Crippen MR) is 395 cm³/mol. The monoisotopic (exact) mass is 1420 g/mol. The van der Waals surface area contributed by atoms with Gasteiger partial charge in [0.1, 0.15) is 19.3 Å². The smallest absolute Gasteiger partial charge is 0.462 e. The third-order valence-electron chi connectivity index (χ3n) is 18.2. The zero-order valence-corrected chi connectivity index (χ0v) is 65.2. The molecule has 0 heterocycles. The van der Waals surface area contributed by atoms with Crippen molar-refractivity contribution >= 4 is 39.5 Å². The van der Waals surface area contributed by atoms with Gasteiger partial charge in [-0.3, -0.25) is 37.3 Å². The summed E-state index contributed by atoms with van der Waals surface area (Å²) in [7, 11) is -9.91. The van der Waals surface area contributed by atoms with Crippen molar-refractivity contribution < 1.29 is 80.2 Å². The fourth-order valence-electron chi connectivity index (χ4n) is 12.0. The molecular weight excluding hydrogens is 1270 g/mol. The first kappa shape index (κ1) is 95.1. The van der Waals surface area contributed by atoms with E-state index in [0.717, 1.165) is 115 Å². The van der Waals surface area contributed by atoms with Gasteiger partial charge in [-0.1, -0.05) is 356 Å². The average molecular weight is 1420 g/mol. The largest absolute Gasteiger partial charge is 0.472 e. The maximum Gasteiger partial charge on any atom is 0.472 e. The first-order chi connectivity index (χ1) is 46.9. The molecule has 0 spiro atoms. The molecule has 0 fully saturated rings. The molecule has 0 saturated heterocycles. The Morgan fingerprint density at radius 1 is 0.278 bits per heavy atom. The molecule has 0 aromatic carbocycles. The van der Waals surface area contributed by atoms with E-state index in [-0.39, 0.29) is 25.7 Å². The molecular formula is C78H152O17P2. The molecule has 0 aliphatic rings. The van der Waals surface area contributed by atoms with Crippen molar-refractivity contribution in [2.24, 2.45) is 11.8 Å². The molecule has 0 amide bonds. The SMILES string of the molecule is CCCCCCCCCCCCCCCCCCCCCCCCC(=O)O[C@H](COC(=O)CCCCCCCCCCCCCCCCC(C)C)COP(=O)(O)OC[C@@H](O)COP(=O)(O)OC[C@@H](COC(=O)CCCCCCCCC)OC(=O)CCCCCCCCCCC(C)C. The van der Waals surface area contributed by atoms with Crippen LogP contribution in [0.2, 0.25) is 0 Å². The molecule has 19 heteroatoms. The molecule has 0 saturated carbocycles. The summed E-state index contributed by atoms with van der Waals surface area (Å²) in [5.74, 6) is -0.603. The second-order valence-electron chi connectivity index (χ2n) is 29.1. The van der Waals surface area contributed by atoms with Crippen LogP contribution < -0.4 is 0 Å². The quantitative estimate of drug-likeness (QED) is 0.0222. The maximum absolute atomic E-state index is 13.1. The van der Waals surface area contributed by atoms with Crippen molar-refractivity contribution in [2.45, 2.75) is 426 Å². The highest BCUT2D eigenvalue weighted by Crippen LogP contribution is 2.45. The summed E-state index contributed by atoms with van der Waals surface area (Å²) < 4.78 is 68.4. The first-order valence-electron chi connectivity index (χ1n) is 40.5. The highest BCUT2D eigenvalue weighted by molar-refractivity contribution is 7.47. The van der Waals surface area contributed by atoms with Crippen LogP contribution in [0.4, 0.5) is 0 Å². The number of aliphatic hydroxyl groups is 1. The molecule has 0 radical (unpaired) electrons. The number of unbranched alkanes of at least 4 members (excludes halogenated alkanes) is 47. The lowest BCUT2D eigenvalue weighted by molar-refractivity contribution is -0.161. The normalized spacial score (nSPS) is 14.0. The van der Waals surface area contributed by atoms with Crippen molar-refractivity contribution in [3.05, 3.63) is 0 Å². The van der Waals surface area contributed by atoms with Gasteiger partial charge in [-0.05, 0) is 37.5 Å². The molecule has 5 atom stereocenters. The van der Waals surface area contributed by atoms with E-state index in [1.165, 1.54) is 212 Å². The molecule has 0 aliphatic heterocycles. The number of phosphoric acid groups is 2. The van der Waals surface area contributed by atoms with Crippen LogP contribution in [0, 0.1) is 11.8 Å². The molecule has 3 N–H and O–H groups in total. The van der Waals surface area contributed by atoms with E-state index < -0.39 is 97.5 Å². The third kappa shape index (κ3) is 72.2. The number of aliphatic hydroxyl groups excluding tert-OH is 1. The van der Waals surface area contributed by atoms with E-state index in [1.54, 1.807) is 0 Å². The van der Waals surface area contributed by atoms with Crippen LogP contribution >= 0.6 is 15.6 Å². The number of ether oxygens (including phenoxy) is 4. The number of esters is 4. The van der Waals surface area contributed by atoms with Crippen LogP contribution in [0.1, 0.15) is 408 Å². The first-order valence-corrected chi connectivity index (χ1v) is 43.5. The molecule has 576 valence electrons. The van der Waals surface area contributed by atoms with Crippen LogP contribution in [0.5, 0.6) is 0 Å². The average Bonchev–Trinajstić information content (AvgIpc) is 1.54. The zero-order valence-electron chi connectivity index (χ0n) is 63.4. The van der Waals surface area contributed by atoms with E-state index in [4.69, 9.17) is 37.0 Å². The summed E-state index contributed by atoms with van der Waals surface area (Å²) in [5.41, 5.74) is 0. The van der Waals surface area contributed by atoms with Crippen LogP contribution in [0.3, 0.4) is 0 Å². The van der Waals surface area contributed by atoms with Crippen LogP contribution in [-0.4, -0.2) is 96.7 Å². The van der Waals surface area contributed by atoms with Gasteiger partial charge in [0.25, 0.3) is 0 Å². The van der Waals surface area contributed by atoms with E-state index in [9.17, 15) is 43.2 Å². The highest BCUT2D eigenvalue weighted by atomic mass is 31.2. The Kier molecular flexibility index (Phi) is 68.4.